The molecule has 7 heteroatoms. The van der Waals surface area contributed by atoms with Crippen molar-refractivity contribution in [2.75, 3.05) is 43.4 Å². The van der Waals surface area contributed by atoms with Crippen molar-refractivity contribution >= 4 is 23.4 Å². The number of hydrogen-bond acceptors (Lipinski definition) is 6. The van der Waals surface area contributed by atoms with Gasteiger partial charge >= 0.3 is 0 Å². The number of thioether (sulfide) groups is 1. The molecule has 0 spiro atoms. The number of benzene rings is 2. The summed E-state index contributed by atoms with van der Waals surface area (Å²) in [6.07, 6.45) is 6.76. The second kappa shape index (κ2) is 11.3. The van der Waals surface area contributed by atoms with Crippen molar-refractivity contribution in [3.63, 3.8) is 0 Å². The first-order valence-electron chi connectivity index (χ1n) is 13.5. The number of para-hydroxylation sites is 1. The number of hydrogen-bond donors (Lipinski definition) is 2. The molecule has 1 amide bonds. The van der Waals surface area contributed by atoms with E-state index in [-0.39, 0.29) is 17.3 Å². The van der Waals surface area contributed by atoms with Crippen molar-refractivity contribution in [2.24, 2.45) is 0 Å². The van der Waals surface area contributed by atoms with Crippen LogP contribution in [0.2, 0.25) is 0 Å². The van der Waals surface area contributed by atoms with Crippen molar-refractivity contribution in [3.8, 4) is 0 Å². The minimum atomic E-state index is -0.138. The number of piperazine rings is 1. The molecule has 6 nitrogen and oxygen atoms in total. The Morgan fingerprint density at radius 2 is 1.89 bits per heavy atom. The zero-order chi connectivity index (χ0) is 25.0. The van der Waals surface area contributed by atoms with Crippen molar-refractivity contribution in [2.45, 2.75) is 36.7 Å². The minimum Gasteiger partial charge on any atom is -0.362 e. The Labute approximate surface area is 223 Å². The van der Waals surface area contributed by atoms with Gasteiger partial charge in [-0.1, -0.05) is 48.5 Å². The lowest BCUT2D eigenvalue weighted by Gasteiger charge is -2.43. The third-order valence-electron chi connectivity index (χ3n) is 7.85. The second-order valence-corrected chi connectivity index (χ2v) is 11.4. The smallest absolute Gasteiger partial charge is 0.238 e. The molecule has 1 aromatic heterocycles. The molecule has 2 saturated heterocycles. The Morgan fingerprint density at radius 3 is 2.78 bits per heavy atom. The highest BCUT2D eigenvalue weighted by Crippen LogP contribution is 2.39. The predicted molar refractivity (Wildman–Crippen MR) is 151 cm³/mol. The van der Waals surface area contributed by atoms with Crippen LogP contribution in [0.25, 0.3) is 0 Å². The number of aromatic nitrogens is 1. The summed E-state index contributed by atoms with van der Waals surface area (Å²) in [5, 5.41) is 6.74. The number of carbonyl (C=O) groups is 1. The highest BCUT2D eigenvalue weighted by Gasteiger charge is 2.33. The number of nitrogens with zero attached hydrogens (tertiary/aromatic N) is 3. The summed E-state index contributed by atoms with van der Waals surface area (Å²) in [4.78, 5) is 22.1. The predicted octanol–water partition coefficient (Wildman–Crippen LogP) is 4.15. The maximum atomic E-state index is 12.7. The number of nitrogens with one attached hydrogen (secondary N) is 2. The largest absolute Gasteiger partial charge is 0.362 e. The van der Waals surface area contributed by atoms with Crippen LogP contribution in [0, 0.1) is 0 Å². The Bertz CT molecular complexity index is 1220. The molecular weight excluding hydrogens is 478 g/mol. The van der Waals surface area contributed by atoms with E-state index in [0.717, 1.165) is 63.3 Å². The number of anilines is 1. The highest BCUT2D eigenvalue weighted by atomic mass is 32.2. The zero-order valence-electron chi connectivity index (χ0n) is 21.2. The molecule has 0 aliphatic carbocycles. The van der Waals surface area contributed by atoms with Crippen LogP contribution in [0.15, 0.2) is 73.1 Å². The average Bonchev–Trinajstić information content (AvgIpc) is 3.40. The summed E-state index contributed by atoms with van der Waals surface area (Å²) in [6, 6.07) is 22.2. The van der Waals surface area contributed by atoms with Crippen LogP contribution in [0.1, 0.15) is 46.5 Å². The van der Waals surface area contributed by atoms with Gasteiger partial charge in [0.2, 0.25) is 5.91 Å². The Morgan fingerprint density at radius 1 is 1.03 bits per heavy atom. The van der Waals surface area contributed by atoms with Crippen molar-refractivity contribution < 1.29 is 4.79 Å². The van der Waals surface area contributed by atoms with Gasteiger partial charge in [-0.2, -0.15) is 0 Å². The third-order valence-corrected chi connectivity index (χ3v) is 9.11. The molecular formula is C30H35N5OS. The fraction of sp³-hybridized carbons (Fsp3) is 0.400. The summed E-state index contributed by atoms with van der Waals surface area (Å²) >= 11 is 1.77. The first-order valence-corrected chi connectivity index (χ1v) is 14.5. The Kier molecular flexibility index (Phi) is 7.44. The van der Waals surface area contributed by atoms with E-state index in [1.807, 2.05) is 12.3 Å². The molecule has 4 heterocycles. The Hall–Kier alpha value is -2.87. The Balaban J connectivity index is 0.983. The molecule has 0 radical (unpaired) electrons. The summed E-state index contributed by atoms with van der Waals surface area (Å²) in [5.41, 5.74) is 6.89. The van der Waals surface area contributed by atoms with Gasteiger partial charge in [0.25, 0.3) is 0 Å². The summed E-state index contributed by atoms with van der Waals surface area (Å²) in [6.45, 7) is 4.99. The number of amides is 1. The molecule has 3 atom stereocenters. The van der Waals surface area contributed by atoms with Crippen LogP contribution in [0.5, 0.6) is 0 Å². The molecule has 2 fully saturated rings. The number of fused-ring (bicyclic) bond motifs is 5. The lowest BCUT2D eigenvalue weighted by molar-refractivity contribution is -0.122. The van der Waals surface area contributed by atoms with Crippen LogP contribution < -0.4 is 15.5 Å². The zero-order valence-corrected chi connectivity index (χ0v) is 22.0. The van der Waals surface area contributed by atoms with E-state index in [1.165, 1.54) is 22.4 Å². The molecule has 37 heavy (non-hydrogen) atoms. The molecule has 6 rings (SSSR count). The SMILES string of the molecule is O=C(NCCCCN1CCN2c3ccccc3Cc3ccccc3C2C1)C1CSC(c2cccnc2)N1. The van der Waals surface area contributed by atoms with E-state index in [2.05, 4.69) is 80.0 Å². The van der Waals surface area contributed by atoms with E-state index >= 15 is 0 Å². The number of carbonyl (C=O) groups excluding carboxylic acids is 1. The number of pyridine rings is 1. The van der Waals surface area contributed by atoms with E-state index < -0.39 is 0 Å². The summed E-state index contributed by atoms with van der Waals surface area (Å²) in [5.74, 6) is 0.906. The maximum Gasteiger partial charge on any atom is 0.238 e. The standard InChI is InChI=1S/C30H35N5OS/c36-29(26-21-37-30(33-26)24-10-7-13-31-19-24)32-14-5-6-15-34-16-17-35-27-12-4-2-9-23(27)18-22-8-1-3-11-25(22)28(35)20-34/h1-4,7-13,19,26,28,30,33H,5-6,14-18,20-21H2,(H,32,36). The number of rotatable bonds is 7. The van der Waals surface area contributed by atoms with Crippen LogP contribution in [0.3, 0.4) is 0 Å². The molecule has 3 aliphatic rings. The van der Waals surface area contributed by atoms with E-state index in [0.29, 0.717) is 6.04 Å². The van der Waals surface area contributed by atoms with Crippen molar-refractivity contribution in [3.05, 3.63) is 95.3 Å². The lowest BCUT2D eigenvalue weighted by atomic mass is 9.96. The summed E-state index contributed by atoms with van der Waals surface area (Å²) in [7, 11) is 0. The molecule has 3 aromatic rings. The lowest BCUT2D eigenvalue weighted by Crippen LogP contribution is -2.48. The fourth-order valence-electron chi connectivity index (χ4n) is 5.90. The van der Waals surface area contributed by atoms with Crippen LogP contribution in [-0.2, 0) is 11.2 Å². The van der Waals surface area contributed by atoms with Gasteiger partial charge in [0.1, 0.15) is 0 Å². The molecule has 2 aromatic carbocycles. The second-order valence-electron chi connectivity index (χ2n) is 10.2. The first kappa shape index (κ1) is 24.5. The topological polar surface area (TPSA) is 60.5 Å². The normalized spacial score (nSPS) is 23.0. The number of unbranched alkanes of at least 4 members (excludes halogenated alkanes) is 1. The molecule has 3 unspecified atom stereocenters. The van der Waals surface area contributed by atoms with Gasteiger partial charge in [0.15, 0.2) is 0 Å². The fourth-order valence-corrected chi connectivity index (χ4v) is 7.13. The minimum absolute atomic E-state index is 0.112. The van der Waals surface area contributed by atoms with Gasteiger partial charge in [0, 0.05) is 50.0 Å². The maximum absolute atomic E-state index is 12.7. The van der Waals surface area contributed by atoms with Gasteiger partial charge in [-0.15, -0.1) is 11.8 Å². The molecule has 192 valence electrons. The van der Waals surface area contributed by atoms with Crippen LogP contribution >= 0.6 is 11.8 Å². The quantitative estimate of drug-likeness (QED) is 0.463. The van der Waals surface area contributed by atoms with E-state index in [1.54, 1.807) is 18.0 Å². The summed E-state index contributed by atoms with van der Waals surface area (Å²) < 4.78 is 0. The van der Waals surface area contributed by atoms with E-state index in [4.69, 9.17) is 0 Å². The monoisotopic (exact) mass is 513 g/mol. The molecule has 0 bridgehead atoms. The van der Waals surface area contributed by atoms with Crippen molar-refractivity contribution in [1.82, 2.24) is 20.5 Å². The van der Waals surface area contributed by atoms with Gasteiger partial charge in [0.05, 0.1) is 17.5 Å². The van der Waals surface area contributed by atoms with Crippen molar-refractivity contribution in [1.29, 1.82) is 0 Å². The first-order chi connectivity index (χ1) is 18.3. The molecule has 0 saturated carbocycles. The molecule has 2 N–H and O–H groups in total. The van der Waals surface area contributed by atoms with Gasteiger partial charge < -0.3 is 10.2 Å². The van der Waals surface area contributed by atoms with Gasteiger partial charge in [-0.05, 0) is 60.2 Å². The van der Waals surface area contributed by atoms with Crippen LogP contribution in [0.4, 0.5) is 5.69 Å². The average molecular weight is 514 g/mol. The van der Waals surface area contributed by atoms with Gasteiger partial charge in [-0.25, -0.2) is 0 Å². The molecule has 3 aliphatic heterocycles. The third kappa shape index (κ3) is 5.40. The van der Waals surface area contributed by atoms with Gasteiger partial charge in [-0.3, -0.25) is 20.0 Å². The van der Waals surface area contributed by atoms with E-state index in [9.17, 15) is 4.79 Å². The highest BCUT2D eigenvalue weighted by molar-refractivity contribution is 7.99. The van der Waals surface area contributed by atoms with Crippen LogP contribution in [-0.4, -0.2) is 60.3 Å².